The lowest BCUT2D eigenvalue weighted by Crippen LogP contribution is -2.51. The van der Waals surface area contributed by atoms with Gasteiger partial charge in [0, 0.05) is 5.02 Å². The zero-order valence-electron chi connectivity index (χ0n) is 12.2. The van der Waals surface area contributed by atoms with Gasteiger partial charge in [-0.25, -0.2) is 4.39 Å². The quantitative estimate of drug-likeness (QED) is 0.813. The Morgan fingerprint density at radius 2 is 1.88 bits per heavy atom. The van der Waals surface area contributed by atoms with Crippen molar-refractivity contribution >= 4 is 23.4 Å². The first kappa shape index (κ1) is 16.1. The van der Waals surface area contributed by atoms with Crippen LogP contribution >= 0.6 is 11.6 Å². The Morgan fingerprint density at radius 3 is 2.67 bits per heavy atom. The number of rotatable bonds is 2. The minimum atomic E-state index is -0.940. The topological polar surface area (TPSA) is 76.7 Å². The van der Waals surface area contributed by atoms with E-state index in [2.05, 4.69) is 10.9 Å². The number of para-hydroxylation sites is 2. The van der Waals surface area contributed by atoms with Crippen molar-refractivity contribution in [1.82, 2.24) is 10.9 Å². The summed E-state index contributed by atoms with van der Waals surface area (Å²) in [7, 11) is 0. The molecule has 0 spiro atoms. The molecule has 0 saturated carbocycles. The molecule has 3 rings (SSSR count). The highest BCUT2D eigenvalue weighted by Crippen LogP contribution is 2.30. The Hall–Kier alpha value is -2.80. The molecule has 0 aromatic heterocycles. The average molecular weight is 351 g/mol. The van der Waals surface area contributed by atoms with Gasteiger partial charge in [0.25, 0.3) is 11.8 Å². The van der Waals surface area contributed by atoms with E-state index in [4.69, 9.17) is 21.1 Å². The number of carbonyl (C=O) groups is 2. The third-order valence-electron chi connectivity index (χ3n) is 3.27. The molecule has 0 aliphatic carbocycles. The largest absolute Gasteiger partial charge is 0.485 e. The normalized spacial score (nSPS) is 15.5. The summed E-state index contributed by atoms with van der Waals surface area (Å²) in [6, 6.07) is 10.4. The monoisotopic (exact) mass is 350 g/mol. The molecule has 2 N–H and O–H groups in total. The second-order valence-electron chi connectivity index (χ2n) is 4.93. The number of ether oxygens (including phenoxy) is 2. The van der Waals surface area contributed by atoms with E-state index in [1.807, 2.05) is 0 Å². The lowest BCUT2D eigenvalue weighted by atomic mass is 10.2. The van der Waals surface area contributed by atoms with E-state index in [1.54, 1.807) is 24.3 Å². The van der Waals surface area contributed by atoms with Crippen molar-refractivity contribution < 1.29 is 23.5 Å². The SMILES string of the molecule is O=C(NNC(=O)[C@H]1COc2ccccc2O1)c1cc(Cl)ccc1F. The van der Waals surface area contributed by atoms with E-state index in [1.165, 1.54) is 6.07 Å². The van der Waals surface area contributed by atoms with Crippen LogP contribution in [0.4, 0.5) is 4.39 Å². The molecule has 0 fully saturated rings. The highest BCUT2D eigenvalue weighted by atomic mass is 35.5. The van der Waals surface area contributed by atoms with Crippen LogP contribution in [0.3, 0.4) is 0 Å². The van der Waals surface area contributed by atoms with Crippen molar-refractivity contribution in [2.75, 3.05) is 6.61 Å². The molecule has 1 aliphatic rings. The van der Waals surface area contributed by atoms with Gasteiger partial charge < -0.3 is 9.47 Å². The van der Waals surface area contributed by atoms with E-state index in [9.17, 15) is 14.0 Å². The van der Waals surface area contributed by atoms with Crippen LogP contribution in [0.1, 0.15) is 10.4 Å². The molecule has 0 radical (unpaired) electrons. The van der Waals surface area contributed by atoms with Crippen molar-refractivity contribution in [3.63, 3.8) is 0 Å². The van der Waals surface area contributed by atoms with E-state index >= 15 is 0 Å². The summed E-state index contributed by atoms with van der Waals surface area (Å²) in [6.45, 7) is -0.00968. The summed E-state index contributed by atoms with van der Waals surface area (Å²) in [5, 5.41) is 0.202. The molecule has 0 unspecified atom stereocenters. The van der Waals surface area contributed by atoms with Gasteiger partial charge in [0.1, 0.15) is 12.4 Å². The third-order valence-corrected chi connectivity index (χ3v) is 3.51. The van der Waals surface area contributed by atoms with E-state index in [0.717, 1.165) is 12.1 Å². The molecule has 124 valence electrons. The van der Waals surface area contributed by atoms with Crippen molar-refractivity contribution in [1.29, 1.82) is 0 Å². The number of halogens is 2. The van der Waals surface area contributed by atoms with Crippen LogP contribution in [0, 0.1) is 5.82 Å². The maximum atomic E-state index is 13.6. The first-order valence-corrected chi connectivity index (χ1v) is 7.36. The van der Waals surface area contributed by atoms with Crippen molar-refractivity contribution in [3.8, 4) is 11.5 Å². The van der Waals surface area contributed by atoms with Gasteiger partial charge in [0.15, 0.2) is 11.5 Å². The molecular formula is C16H12ClFN2O4. The highest BCUT2D eigenvalue weighted by molar-refractivity contribution is 6.31. The summed E-state index contributed by atoms with van der Waals surface area (Å²) >= 11 is 5.72. The van der Waals surface area contributed by atoms with Crippen LogP contribution in [0.25, 0.3) is 0 Å². The van der Waals surface area contributed by atoms with Crippen LogP contribution < -0.4 is 20.3 Å². The fourth-order valence-corrected chi connectivity index (χ4v) is 2.26. The van der Waals surface area contributed by atoms with Gasteiger partial charge in [-0.2, -0.15) is 0 Å². The predicted octanol–water partition coefficient (Wildman–Crippen LogP) is 2.08. The summed E-state index contributed by atoms with van der Waals surface area (Å²) in [5.74, 6) is -1.25. The Balaban J connectivity index is 1.60. The van der Waals surface area contributed by atoms with Gasteiger partial charge in [0.05, 0.1) is 5.56 Å². The Labute approximate surface area is 141 Å². The average Bonchev–Trinajstić information content (AvgIpc) is 2.61. The summed E-state index contributed by atoms with van der Waals surface area (Å²) in [6.07, 6.45) is -0.940. The minimum absolute atomic E-state index is 0.00968. The Kier molecular flexibility index (Phi) is 4.52. The fourth-order valence-electron chi connectivity index (χ4n) is 2.09. The molecule has 24 heavy (non-hydrogen) atoms. The minimum Gasteiger partial charge on any atom is -0.485 e. The van der Waals surface area contributed by atoms with E-state index in [0.29, 0.717) is 11.5 Å². The molecule has 1 aliphatic heterocycles. The smallest absolute Gasteiger partial charge is 0.283 e. The molecule has 6 nitrogen and oxygen atoms in total. The molecule has 1 atom stereocenters. The Bertz CT molecular complexity index is 799. The van der Waals surface area contributed by atoms with Gasteiger partial charge >= 0.3 is 0 Å². The van der Waals surface area contributed by atoms with Crippen LogP contribution in [-0.4, -0.2) is 24.5 Å². The number of carbonyl (C=O) groups excluding carboxylic acids is 2. The number of benzene rings is 2. The molecule has 2 aromatic rings. The standard InChI is InChI=1S/C16H12ClFN2O4/c17-9-5-6-11(18)10(7-9)15(21)19-20-16(22)14-8-23-12-3-1-2-4-13(12)24-14/h1-7,14H,8H2,(H,19,21)(H,20,22)/t14-/m1/s1. The second kappa shape index (κ2) is 6.76. The maximum Gasteiger partial charge on any atom is 0.283 e. The van der Waals surface area contributed by atoms with Crippen LogP contribution in [0.15, 0.2) is 42.5 Å². The van der Waals surface area contributed by atoms with Gasteiger partial charge in [-0.1, -0.05) is 23.7 Å². The number of fused-ring (bicyclic) bond motifs is 1. The van der Waals surface area contributed by atoms with Gasteiger partial charge in [0.2, 0.25) is 6.10 Å². The lowest BCUT2D eigenvalue weighted by molar-refractivity contribution is -0.131. The molecule has 2 amide bonds. The summed E-state index contributed by atoms with van der Waals surface area (Å²) in [4.78, 5) is 24.0. The van der Waals surface area contributed by atoms with Crippen molar-refractivity contribution in [2.24, 2.45) is 0 Å². The molecule has 8 heteroatoms. The zero-order chi connectivity index (χ0) is 17.1. The highest BCUT2D eigenvalue weighted by Gasteiger charge is 2.27. The lowest BCUT2D eigenvalue weighted by Gasteiger charge is -2.25. The number of hydrogen-bond acceptors (Lipinski definition) is 4. The van der Waals surface area contributed by atoms with Crippen LogP contribution in [0.5, 0.6) is 11.5 Å². The predicted molar refractivity (Wildman–Crippen MR) is 83.4 cm³/mol. The van der Waals surface area contributed by atoms with Crippen LogP contribution in [-0.2, 0) is 4.79 Å². The zero-order valence-corrected chi connectivity index (χ0v) is 13.0. The van der Waals surface area contributed by atoms with Crippen molar-refractivity contribution in [2.45, 2.75) is 6.10 Å². The molecular weight excluding hydrogens is 339 g/mol. The first-order chi connectivity index (χ1) is 11.5. The number of hydrazine groups is 1. The molecule has 1 heterocycles. The van der Waals surface area contributed by atoms with Gasteiger partial charge in [-0.05, 0) is 30.3 Å². The molecule has 2 aromatic carbocycles. The summed E-state index contributed by atoms with van der Waals surface area (Å²) in [5.41, 5.74) is 4.01. The van der Waals surface area contributed by atoms with E-state index < -0.39 is 23.7 Å². The fraction of sp³-hybridized carbons (Fsp3) is 0.125. The van der Waals surface area contributed by atoms with Gasteiger partial charge in [-0.3, -0.25) is 20.4 Å². The molecule has 0 bridgehead atoms. The van der Waals surface area contributed by atoms with E-state index in [-0.39, 0.29) is 17.2 Å². The second-order valence-corrected chi connectivity index (χ2v) is 5.37. The number of nitrogens with one attached hydrogen (secondary N) is 2. The number of hydrogen-bond donors (Lipinski definition) is 2. The van der Waals surface area contributed by atoms with Crippen LogP contribution in [0.2, 0.25) is 5.02 Å². The number of amides is 2. The summed E-state index contributed by atoms with van der Waals surface area (Å²) < 4.78 is 24.5. The maximum absolute atomic E-state index is 13.6. The Morgan fingerprint density at radius 1 is 1.12 bits per heavy atom. The van der Waals surface area contributed by atoms with Crippen molar-refractivity contribution in [3.05, 3.63) is 58.9 Å². The van der Waals surface area contributed by atoms with Gasteiger partial charge in [-0.15, -0.1) is 0 Å². The first-order valence-electron chi connectivity index (χ1n) is 6.98. The molecule has 0 saturated heterocycles. The third kappa shape index (κ3) is 3.41.